The van der Waals surface area contributed by atoms with Gasteiger partial charge in [0.05, 0.1) is 23.9 Å². The van der Waals surface area contributed by atoms with Gasteiger partial charge in [-0.15, -0.1) is 5.10 Å². The maximum absolute atomic E-state index is 13.7. The lowest BCUT2D eigenvalue weighted by Gasteiger charge is -2.44. The van der Waals surface area contributed by atoms with Crippen LogP contribution in [-0.2, 0) is 28.0 Å². The number of hydrogen-bond acceptors (Lipinski definition) is 5. The molecular formula is C31H39BrFN5O2. The number of carbonyl (C=O) groups excluding carboxylic acids is 1. The normalized spacial score (nSPS) is 21.5. The van der Waals surface area contributed by atoms with Crippen molar-refractivity contribution in [3.63, 3.8) is 0 Å². The van der Waals surface area contributed by atoms with Crippen LogP contribution in [-0.4, -0.2) is 69.1 Å². The van der Waals surface area contributed by atoms with Gasteiger partial charge in [-0.05, 0) is 74.6 Å². The number of piperazine rings is 1. The molecule has 9 heteroatoms. The summed E-state index contributed by atoms with van der Waals surface area (Å²) < 4.78 is 22.4. The molecule has 40 heavy (non-hydrogen) atoms. The number of ether oxygens (including phenoxy) is 1. The molecule has 1 aromatic heterocycles. The van der Waals surface area contributed by atoms with Crippen molar-refractivity contribution in [2.45, 2.75) is 78.0 Å². The lowest BCUT2D eigenvalue weighted by atomic mass is 9.83. The third kappa shape index (κ3) is 5.60. The molecule has 0 N–H and O–H groups in total. The number of hydrogen-bond donors (Lipinski definition) is 0. The minimum Gasteiger partial charge on any atom is -0.381 e. The molecule has 2 fully saturated rings. The standard InChI is InChI=1S/C31H39BrFN5O2/c1-20-14-21(2)30(32)24(5)28(20)15-29(39)36-16-22(3)37(23(4)17-36)18-27-19-38(35-34-27)31(10-12-40-13-11-31)25-6-8-26(33)9-7-25/h6-9,14,19,22-23H,10-13,15-18H2,1-5H3/t22-,23+. The average molecular weight is 613 g/mol. The molecule has 2 aromatic carbocycles. The van der Waals surface area contributed by atoms with E-state index in [1.54, 1.807) is 0 Å². The third-order valence-electron chi connectivity index (χ3n) is 8.84. The molecule has 0 unspecified atom stereocenters. The van der Waals surface area contributed by atoms with Gasteiger partial charge in [-0.1, -0.05) is 39.3 Å². The largest absolute Gasteiger partial charge is 0.381 e. The van der Waals surface area contributed by atoms with E-state index in [0.717, 1.165) is 45.3 Å². The van der Waals surface area contributed by atoms with Crippen molar-refractivity contribution in [2.24, 2.45) is 0 Å². The van der Waals surface area contributed by atoms with Crippen molar-refractivity contribution < 1.29 is 13.9 Å². The van der Waals surface area contributed by atoms with E-state index in [4.69, 9.17) is 4.74 Å². The smallest absolute Gasteiger partial charge is 0.227 e. The molecule has 7 nitrogen and oxygen atoms in total. The Bertz CT molecular complexity index is 1360. The maximum Gasteiger partial charge on any atom is 0.227 e. The summed E-state index contributed by atoms with van der Waals surface area (Å²) >= 11 is 3.69. The first-order chi connectivity index (χ1) is 19.1. The fraction of sp³-hybridized carbons (Fsp3) is 0.516. The van der Waals surface area contributed by atoms with Crippen LogP contribution in [0.4, 0.5) is 4.39 Å². The van der Waals surface area contributed by atoms with Gasteiger partial charge in [-0.3, -0.25) is 9.69 Å². The zero-order chi connectivity index (χ0) is 28.6. The van der Waals surface area contributed by atoms with Crippen molar-refractivity contribution in [3.8, 4) is 0 Å². The number of rotatable bonds is 6. The van der Waals surface area contributed by atoms with Crippen LogP contribution in [0.1, 0.15) is 60.2 Å². The van der Waals surface area contributed by atoms with E-state index >= 15 is 0 Å². The molecule has 5 rings (SSSR count). The van der Waals surface area contributed by atoms with Gasteiger partial charge in [0, 0.05) is 62.2 Å². The summed E-state index contributed by atoms with van der Waals surface area (Å²) in [4.78, 5) is 17.8. The van der Waals surface area contributed by atoms with E-state index in [1.165, 1.54) is 17.7 Å². The van der Waals surface area contributed by atoms with Crippen LogP contribution in [0, 0.1) is 26.6 Å². The first-order valence-electron chi connectivity index (χ1n) is 14.1. The lowest BCUT2D eigenvalue weighted by Crippen LogP contribution is -2.57. The third-order valence-corrected chi connectivity index (χ3v) is 10.1. The van der Waals surface area contributed by atoms with Crippen LogP contribution < -0.4 is 0 Å². The van der Waals surface area contributed by atoms with Crippen molar-refractivity contribution in [2.75, 3.05) is 26.3 Å². The highest BCUT2D eigenvalue weighted by molar-refractivity contribution is 9.10. The number of amides is 1. The number of aryl methyl sites for hydroxylation is 2. The highest BCUT2D eigenvalue weighted by Crippen LogP contribution is 2.36. The molecule has 0 saturated carbocycles. The molecule has 0 aliphatic carbocycles. The number of halogens is 2. The molecule has 214 valence electrons. The molecule has 2 aliphatic heterocycles. The van der Waals surface area contributed by atoms with Gasteiger partial charge in [-0.2, -0.15) is 0 Å². The van der Waals surface area contributed by atoms with Gasteiger partial charge < -0.3 is 9.64 Å². The second-order valence-electron chi connectivity index (χ2n) is 11.6. The summed E-state index contributed by atoms with van der Waals surface area (Å²) in [5.74, 6) is -0.0742. The van der Waals surface area contributed by atoms with Crippen LogP contribution >= 0.6 is 15.9 Å². The Hall–Kier alpha value is -2.62. The first-order valence-corrected chi connectivity index (χ1v) is 14.9. The second kappa shape index (κ2) is 11.7. The predicted molar refractivity (Wildman–Crippen MR) is 157 cm³/mol. The summed E-state index contributed by atoms with van der Waals surface area (Å²) in [7, 11) is 0. The molecule has 0 radical (unpaired) electrons. The molecule has 0 spiro atoms. The Morgan fingerprint density at radius 1 is 1.07 bits per heavy atom. The highest BCUT2D eigenvalue weighted by Gasteiger charge is 2.38. The number of aromatic nitrogens is 3. The second-order valence-corrected chi connectivity index (χ2v) is 12.4. The molecule has 1 amide bonds. The van der Waals surface area contributed by atoms with Crippen LogP contribution in [0.5, 0.6) is 0 Å². The van der Waals surface area contributed by atoms with Crippen molar-refractivity contribution >= 4 is 21.8 Å². The number of nitrogens with zero attached hydrogens (tertiary/aromatic N) is 5. The highest BCUT2D eigenvalue weighted by atomic mass is 79.9. The minimum atomic E-state index is -0.402. The molecule has 3 heterocycles. The Kier molecular flexibility index (Phi) is 8.45. The van der Waals surface area contributed by atoms with Gasteiger partial charge in [-0.25, -0.2) is 9.07 Å². The average Bonchev–Trinajstić information content (AvgIpc) is 3.42. The molecule has 3 aromatic rings. The van der Waals surface area contributed by atoms with Crippen molar-refractivity contribution in [1.82, 2.24) is 24.8 Å². The summed E-state index contributed by atoms with van der Waals surface area (Å²) in [5.41, 5.74) is 6.13. The molecule has 2 saturated heterocycles. The van der Waals surface area contributed by atoms with E-state index in [1.807, 2.05) is 27.9 Å². The number of benzene rings is 2. The van der Waals surface area contributed by atoms with Crippen LogP contribution in [0.25, 0.3) is 0 Å². The van der Waals surface area contributed by atoms with Crippen molar-refractivity contribution in [3.05, 3.63) is 80.3 Å². The predicted octanol–water partition coefficient (Wildman–Crippen LogP) is 5.32. The SMILES string of the molecule is Cc1cc(C)c(CC(=O)N2C[C@@H](C)N(Cc3cn(C4(c5ccc(F)cc5)CCOCC4)nn3)[C@@H](C)C2)c(C)c1Br. The van der Waals surface area contributed by atoms with Crippen LogP contribution in [0.2, 0.25) is 0 Å². The maximum atomic E-state index is 13.7. The zero-order valence-electron chi connectivity index (χ0n) is 24.1. The van der Waals surface area contributed by atoms with Gasteiger partial charge in [0.25, 0.3) is 0 Å². The van der Waals surface area contributed by atoms with E-state index < -0.39 is 5.54 Å². The lowest BCUT2D eigenvalue weighted by molar-refractivity contribution is -0.135. The molecule has 2 aliphatic rings. The Balaban J connectivity index is 1.28. The summed E-state index contributed by atoms with van der Waals surface area (Å²) in [5, 5.41) is 9.13. The first kappa shape index (κ1) is 28.9. The summed E-state index contributed by atoms with van der Waals surface area (Å²) in [6.07, 6.45) is 3.96. The van der Waals surface area contributed by atoms with Gasteiger partial charge in [0.1, 0.15) is 5.82 Å². The monoisotopic (exact) mass is 611 g/mol. The molecule has 0 bridgehead atoms. The van der Waals surface area contributed by atoms with Gasteiger partial charge >= 0.3 is 0 Å². The number of carbonyl (C=O) groups is 1. The minimum absolute atomic E-state index is 0.173. The zero-order valence-corrected chi connectivity index (χ0v) is 25.7. The summed E-state index contributed by atoms with van der Waals surface area (Å²) in [6, 6.07) is 9.22. The van der Waals surface area contributed by atoms with Gasteiger partial charge in [0.2, 0.25) is 5.91 Å². The molecule has 2 atom stereocenters. The Morgan fingerprint density at radius 2 is 1.73 bits per heavy atom. The van der Waals surface area contributed by atoms with E-state index in [2.05, 4.69) is 71.8 Å². The Labute approximate surface area is 244 Å². The van der Waals surface area contributed by atoms with Crippen LogP contribution in [0.15, 0.2) is 41.0 Å². The van der Waals surface area contributed by atoms with E-state index in [-0.39, 0.29) is 23.8 Å². The van der Waals surface area contributed by atoms with Gasteiger partial charge in [0.15, 0.2) is 0 Å². The van der Waals surface area contributed by atoms with E-state index in [9.17, 15) is 9.18 Å². The molecular weight excluding hydrogens is 573 g/mol. The Morgan fingerprint density at radius 3 is 2.38 bits per heavy atom. The fourth-order valence-corrected chi connectivity index (χ4v) is 6.85. The fourth-order valence-electron chi connectivity index (χ4n) is 6.49. The van der Waals surface area contributed by atoms with Crippen LogP contribution in [0.3, 0.4) is 0 Å². The van der Waals surface area contributed by atoms with E-state index in [0.29, 0.717) is 39.3 Å². The summed E-state index contributed by atoms with van der Waals surface area (Å²) in [6.45, 7) is 13.9. The van der Waals surface area contributed by atoms with Crippen molar-refractivity contribution in [1.29, 1.82) is 0 Å². The quantitative estimate of drug-likeness (QED) is 0.377. The topological polar surface area (TPSA) is 63.5 Å².